The Morgan fingerprint density at radius 2 is 1.88 bits per heavy atom. The number of hydrogen-bond donors (Lipinski definition) is 3. The van der Waals surface area contributed by atoms with Crippen LogP contribution in [0.3, 0.4) is 0 Å². The number of nitrogens with two attached hydrogens (primary N) is 1. The van der Waals surface area contributed by atoms with E-state index in [1.54, 1.807) is 45.2 Å². The van der Waals surface area contributed by atoms with Crippen molar-refractivity contribution in [2.45, 2.75) is 38.8 Å². The number of carbonyl (C=O) groups excluding carboxylic acids is 1. The second kappa shape index (κ2) is 7.81. The molecule has 1 atom stereocenters. The largest absolute Gasteiger partial charge is 0.480 e. The summed E-state index contributed by atoms with van der Waals surface area (Å²) in [5.41, 5.74) is 7.13. The van der Waals surface area contributed by atoms with Crippen molar-refractivity contribution in [3.8, 4) is 11.3 Å². The summed E-state index contributed by atoms with van der Waals surface area (Å²) in [6.45, 7) is 5.13. The van der Waals surface area contributed by atoms with Crippen molar-refractivity contribution >= 4 is 18.0 Å². The number of carboxylic acid groups (broad SMARTS) is 1. The van der Waals surface area contributed by atoms with Crippen molar-refractivity contribution in [3.63, 3.8) is 0 Å². The Hall–Kier alpha value is -3.16. The van der Waals surface area contributed by atoms with E-state index in [1.807, 2.05) is 12.1 Å². The first-order chi connectivity index (χ1) is 12.1. The number of anilines is 1. The summed E-state index contributed by atoms with van der Waals surface area (Å²) in [5, 5.41) is 11.7. The molecule has 1 aromatic carbocycles. The molecule has 4 N–H and O–H groups in total. The summed E-state index contributed by atoms with van der Waals surface area (Å²) < 4.78 is 5.10. The second-order valence-corrected chi connectivity index (χ2v) is 6.74. The number of carboxylic acids is 1. The van der Waals surface area contributed by atoms with Gasteiger partial charge >= 0.3 is 12.1 Å². The molecular weight excluding hydrogens is 336 g/mol. The van der Waals surface area contributed by atoms with Crippen LogP contribution in [-0.4, -0.2) is 38.8 Å². The van der Waals surface area contributed by atoms with Gasteiger partial charge in [0.15, 0.2) is 0 Å². The maximum absolute atomic E-state index is 11.8. The standard InChI is InChI=1S/C18H22N4O4/c1-18(2,3)26-17(25)22-14(15(23)24)10-11-4-6-12(7-5-11)13-8-9-20-16(19)21-13/h4-9,14H,10H2,1-3H3,(H,22,25)(H,23,24)(H2,19,20,21)/t14-/m0/s1. The average Bonchev–Trinajstić information content (AvgIpc) is 2.53. The third kappa shape index (κ3) is 5.73. The molecule has 26 heavy (non-hydrogen) atoms. The van der Waals surface area contributed by atoms with Gasteiger partial charge in [0.1, 0.15) is 11.6 Å². The molecule has 0 radical (unpaired) electrons. The monoisotopic (exact) mass is 358 g/mol. The maximum Gasteiger partial charge on any atom is 0.408 e. The zero-order chi connectivity index (χ0) is 19.3. The number of rotatable bonds is 5. The van der Waals surface area contributed by atoms with E-state index in [9.17, 15) is 14.7 Å². The van der Waals surface area contributed by atoms with E-state index in [4.69, 9.17) is 10.5 Å². The summed E-state index contributed by atoms with van der Waals surface area (Å²) in [7, 11) is 0. The SMILES string of the molecule is CC(C)(C)OC(=O)N[C@@H](Cc1ccc(-c2ccnc(N)n2)cc1)C(=O)O. The molecule has 0 fully saturated rings. The number of amides is 1. The molecule has 0 aliphatic heterocycles. The zero-order valence-electron chi connectivity index (χ0n) is 14.9. The molecule has 2 aromatic rings. The summed E-state index contributed by atoms with van der Waals surface area (Å²) in [5.74, 6) is -0.956. The van der Waals surface area contributed by atoms with Gasteiger partial charge in [0, 0.05) is 18.2 Å². The van der Waals surface area contributed by atoms with Gasteiger partial charge in [-0.05, 0) is 32.4 Å². The smallest absolute Gasteiger partial charge is 0.408 e. The summed E-state index contributed by atoms with van der Waals surface area (Å²) in [6, 6.07) is 7.81. The fraction of sp³-hybridized carbons (Fsp3) is 0.333. The number of aliphatic carboxylic acids is 1. The van der Waals surface area contributed by atoms with E-state index < -0.39 is 23.7 Å². The van der Waals surface area contributed by atoms with Gasteiger partial charge in [-0.3, -0.25) is 0 Å². The van der Waals surface area contributed by atoms with Crippen LogP contribution in [0.4, 0.5) is 10.7 Å². The number of nitrogen functional groups attached to an aromatic ring is 1. The Kier molecular flexibility index (Phi) is 5.76. The van der Waals surface area contributed by atoms with E-state index in [0.717, 1.165) is 11.1 Å². The molecule has 0 spiro atoms. The first-order valence-electron chi connectivity index (χ1n) is 8.04. The lowest BCUT2D eigenvalue weighted by Crippen LogP contribution is -2.44. The molecule has 0 saturated carbocycles. The van der Waals surface area contributed by atoms with Crippen LogP contribution in [0.25, 0.3) is 11.3 Å². The van der Waals surface area contributed by atoms with Crippen LogP contribution in [0.2, 0.25) is 0 Å². The fourth-order valence-corrected chi connectivity index (χ4v) is 2.23. The van der Waals surface area contributed by atoms with Gasteiger partial charge in [0.2, 0.25) is 5.95 Å². The lowest BCUT2D eigenvalue weighted by atomic mass is 10.0. The Morgan fingerprint density at radius 3 is 2.42 bits per heavy atom. The highest BCUT2D eigenvalue weighted by Gasteiger charge is 2.24. The molecule has 138 valence electrons. The number of alkyl carbamates (subject to hydrolysis) is 1. The molecule has 0 saturated heterocycles. The average molecular weight is 358 g/mol. The first kappa shape index (κ1) is 19.2. The highest BCUT2D eigenvalue weighted by molar-refractivity contribution is 5.80. The van der Waals surface area contributed by atoms with Gasteiger partial charge in [-0.2, -0.15) is 0 Å². The Bertz CT molecular complexity index is 785. The van der Waals surface area contributed by atoms with Crippen molar-refractivity contribution in [1.82, 2.24) is 15.3 Å². The third-order valence-electron chi connectivity index (χ3n) is 3.35. The van der Waals surface area contributed by atoms with E-state index in [0.29, 0.717) is 5.69 Å². The van der Waals surface area contributed by atoms with Crippen molar-refractivity contribution in [2.24, 2.45) is 0 Å². The van der Waals surface area contributed by atoms with E-state index in [-0.39, 0.29) is 12.4 Å². The molecule has 0 aliphatic carbocycles. The molecule has 0 unspecified atom stereocenters. The molecule has 8 nitrogen and oxygen atoms in total. The molecular formula is C18H22N4O4. The van der Waals surface area contributed by atoms with Gasteiger partial charge in [0.05, 0.1) is 5.69 Å². The summed E-state index contributed by atoms with van der Waals surface area (Å²) in [6.07, 6.45) is 0.926. The van der Waals surface area contributed by atoms with Gasteiger partial charge in [-0.25, -0.2) is 19.6 Å². The fourth-order valence-electron chi connectivity index (χ4n) is 2.23. The van der Waals surface area contributed by atoms with Crippen molar-refractivity contribution < 1.29 is 19.4 Å². The minimum Gasteiger partial charge on any atom is -0.480 e. The lowest BCUT2D eigenvalue weighted by molar-refractivity contribution is -0.139. The highest BCUT2D eigenvalue weighted by Crippen LogP contribution is 2.18. The van der Waals surface area contributed by atoms with Crippen molar-refractivity contribution in [1.29, 1.82) is 0 Å². The Balaban J connectivity index is 2.07. The van der Waals surface area contributed by atoms with Gasteiger partial charge < -0.3 is 20.9 Å². The van der Waals surface area contributed by atoms with Crippen LogP contribution < -0.4 is 11.1 Å². The minimum atomic E-state index is -1.14. The number of aromatic nitrogens is 2. The molecule has 0 bridgehead atoms. The quantitative estimate of drug-likeness (QED) is 0.748. The Labute approximate surface area is 151 Å². The van der Waals surface area contributed by atoms with Crippen LogP contribution in [0, 0.1) is 0 Å². The molecule has 1 heterocycles. The number of ether oxygens (including phenoxy) is 1. The van der Waals surface area contributed by atoms with E-state index in [1.165, 1.54) is 0 Å². The molecule has 0 aliphatic rings. The molecule has 8 heteroatoms. The van der Waals surface area contributed by atoms with Gasteiger partial charge in [-0.15, -0.1) is 0 Å². The summed E-state index contributed by atoms with van der Waals surface area (Å²) in [4.78, 5) is 31.2. The predicted octanol–water partition coefficient (Wildman–Crippen LogP) is 2.25. The first-order valence-corrected chi connectivity index (χ1v) is 8.04. The zero-order valence-corrected chi connectivity index (χ0v) is 14.9. The van der Waals surface area contributed by atoms with Crippen LogP contribution >= 0.6 is 0 Å². The van der Waals surface area contributed by atoms with Crippen molar-refractivity contribution in [2.75, 3.05) is 5.73 Å². The highest BCUT2D eigenvalue weighted by atomic mass is 16.6. The number of nitrogens with zero attached hydrogens (tertiary/aromatic N) is 2. The maximum atomic E-state index is 11.8. The van der Waals surface area contributed by atoms with E-state index in [2.05, 4.69) is 15.3 Å². The third-order valence-corrected chi connectivity index (χ3v) is 3.35. The lowest BCUT2D eigenvalue weighted by Gasteiger charge is -2.22. The molecule has 2 rings (SSSR count). The number of hydrogen-bond acceptors (Lipinski definition) is 6. The normalized spacial score (nSPS) is 12.3. The van der Waals surface area contributed by atoms with E-state index >= 15 is 0 Å². The Morgan fingerprint density at radius 1 is 1.23 bits per heavy atom. The molecule has 1 amide bonds. The number of benzene rings is 1. The van der Waals surface area contributed by atoms with Crippen molar-refractivity contribution in [3.05, 3.63) is 42.1 Å². The minimum absolute atomic E-state index is 0.126. The second-order valence-electron chi connectivity index (χ2n) is 6.74. The number of nitrogens with one attached hydrogen (secondary N) is 1. The van der Waals surface area contributed by atoms with Crippen LogP contribution in [0.5, 0.6) is 0 Å². The summed E-state index contributed by atoms with van der Waals surface area (Å²) >= 11 is 0. The van der Waals surface area contributed by atoms with Crippen LogP contribution in [0.15, 0.2) is 36.5 Å². The molecule has 1 aromatic heterocycles. The van der Waals surface area contributed by atoms with Gasteiger partial charge in [-0.1, -0.05) is 24.3 Å². The predicted molar refractivity (Wildman–Crippen MR) is 96.4 cm³/mol. The van der Waals surface area contributed by atoms with Crippen LogP contribution in [-0.2, 0) is 16.0 Å². The van der Waals surface area contributed by atoms with Gasteiger partial charge in [0.25, 0.3) is 0 Å². The topological polar surface area (TPSA) is 127 Å². The van der Waals surface area contributed by atoms with Crippen LogP contribution in [0.1, 0.15) is 26.3 Å². The number of carbonyl (C=O) groups is 2.